The van der Waals surface area contributed by atoms with Gasteiger partial charge in [0.15, 0.2) is 0 Å². The monoisotopic (exact) mass is 204 g/mol. The van der Waals surface area contributed by atoms with Crippen LogP contribution < -0.4 is 5.73 Å². The van der Waals surface area contributed by atoms with Crippen LogP contribution in [0.2, 0.25) is 0 Å². The van der Waals surface area contributed by atoms with Crippen LogP contribution in [0.15, 0.2) is 18.3 Å². The quantitative estimate of drug-likeness (QED) is 0.669. The first-order chi connectivity index (χ1) is 7.24. The van der Waals surface area contributed by atoms with Crippen molar-refractivity contribution in [3.63, 3.8) is 0 Å². The number of hydrogen-bond donors (Lipinski definition) is 3. The highest BCUT2D eigenvalue weighted by molar-refractivity contribution is 5.90. The summed E-state index contributed by atoms with van der Waals surface area (Å²) in [6.45, 7) is 2.27. The first-order valence-corrected chi connectivity index (χ1v) is 5.20. The molecule has 0 spiro atoms. The van der Waals surface area contributed by atoms with Gasteiger partial charge in [-0.25, -0.2) is 0 Å². The van der Waals surface area contributed by atoms with Gasteiger partial charge < -0.3 is 15.8 Å². The lowest BCUT2D eigenvalue weighted by atomic mass is 10.0. The fraction of sp³-hybridized carbons (Fsp3) is 0.333. The number of nitrogen functional groups attached to an aromatic ring is 1. The summed E-state index contributed by atoms with van der Waals surface area (Å²) >= 11 is 0. The van der Waals surface area contributed by atoms with Crippen LogP contribution in [0.5, 0.6) is 0 Å². The van der Waals surface area contributed by atoms with Crippen molar-refractivity contribution >= 4 is 16.6 Å². The van der Waals surface area contributed by atoms with E-state index >= 15 is 0 Å². The van der Waals surface area contributed by atoms with Gasteiger partial charge >= 0.3 is 0 Å². The molecule has 3 heteroatoms. The molecular formula is C12H16N2O. The second kappa shape index (κ2) is 3.95. The van der Waals surface area contributed by atoms with Gasteiger partial charge in [0.05, 0.1) is 0 Å². The van der Waals surface area contributed by atoms with Gasteiger partial charge in [-0.3, -0.25) is 0 Å². The van der Waals surface area contributed by atoms with E-state index in [2.05, 4.69) is 4.98 Å². The number of nitrogens with two attached hydrogens (primary N) is 1. The van der Waals surface area contributed by atoms with Crippen LogP contribution in [0, 0.1) is 6.92 Å². The molecule has 0 bridgehead atoms. The Morgan fingerprint density at radius 3 is 2.93 bits per heavy atom. The van der Waals surface area contributed by atoms with Gasteiger partial charge in [-0.15, -0.1) is 0 Å². The van der Waals surface area contributed by atoms with Crippen molar-refractivity contribution in [2.75, 3.05) is 12.3 Å². The van der Waals surface area contributed by atoms with Crippen LogP contribution in [0.3, 0.4) is 0 Å². The van der Waals surface area contributed by atoms with E-state index in [-0.39, 0.29) is 6.61 Å². The van der Waals surface area contributed by atoms with Crippen molar-refractivity contribution in [1.29, 1.82) is 0 Å². The molecule has 2 aromatic rings. The van der Waals surface area contributed by atoms with E-state index in [1.165, 1.54) is 10.9 Å². The number of aromatic amines is 1. The molecule has 3 nitrogen and oxygen atoms in total. The second-order valence-electron chi connectivity index (χ2n) is 3.84. The predicted molar refractivity (Wildman–Crippen MR) is 62.9 cm³/mol. The number of aryl methyl sites for hydroxylation is 2. The molecule has 2 rings (SSSR count). The van der Waals surface area contributed by atoms with Crippen LogP contribution >= 0.6 is 0 Å². The van der Waals surface area contributed by atoms with E-state index in [1.807, 2.05) is 25.3 Å². The molecule has 1 aromatic heterocycles. The van der Waals surface area contributed by atoms with E-state index < -0.39 is 0 Å². The summed E-state index contributed by atoms with van der Waals surface area (Å²) in [7, 11) is 0. The molecule has 0 fully saturated rings. The molecular weight excluding hydrogens is 188 g/mol. The van der Waals surface area contributed by atoms with E-state index in [0.29, 0.717) is 0 Å². The molecule has 0 aliphatic rings. The summed E-state index contributed by atoms with van der Waals surface area (Å²) in [5, 5.41) is 10.0. The van der Waals surface area contributed by atoms with Crippen molar-refractivity contribution in [3.8, 4) is 0 Å². The van der Waals surface area contributed by atoms with Crippen molar-refractivity contribution in [3.05, 3.63) is 29.5 Å². The third-order valence-electron chi connectivity index (χ3n) is 2.83. The molecule has 0 radical (unpaired) electrons. The van der Waals surface area contributed by atoms with E-state index in [1.54, 1.807) is 0 Å². The first-order valence-electron chi connectivity index (χ1n) is 5.20. The largest absolute Gasteiger partial charge is 0.398 e. The number of aliphatic hydroxyl groups is 1. The Kier molecular flexibility index (Phi) is 2.64. The molecule has 80 valence electrons. The van der Waals surface area contributed by atoms with Gasteiger partial charge in [-0.2, -0.15) is 0 Å². The Balaban J connectivity index is 2.51. The smallest absolute Gasteiger partial charge is 0.0461 e. The maximum Gasteiger partial charge on any atom is 0.0461 e. The number of aromatic nitrogens is 1. The predicted octanol–water partition coefficient (Wildman–Crippen LogP) is 1.98. The molecule has 0 saturated heterocycles. The van der Waals surface area contributed by atoms with Crippen LogP contribution in [0.1, 0.15) is 17.5 Å². The number of benzene rings is 1. The van der Waals surface area contributed by atoms with Crippen LogP contribution in [0.4, 0.5) is 5.69 Å². The Morgan fingerprint density at radius 2 is 2.20 bits per heavy atom. The Morgan fingerprint density at radius 1 is 1.40 bits per heavy atom. The highest BCUT2D eigenvalue weighted by atomic mass is 16.2. The lowest BCUT2D eigenvalue weighted by Gasteiger charge is -2.04. The fourth-order valence-corrected chi connectivity index (χ4v) is 1.97. The Labute approximate surface area is 88.9 Å². The second-order valence-corrected chi connectivity index (χ2v) is 3.84. The summed E-state index contributed by atoms with van der Waals surface area (Å²) < 4.78 is 0. The van der Waals surface area contributed by atoms with Gasteiger partial charge in [0.25, 0.3) is 0 Å². The van der Waals surface area contributed by atoms with Gasteiger partial charge in [-0.1, -0.05) is 0 Å². The SMILES string of the molecule is Cc1c(N)ccc2[nH]cc(CCCO)c12. The summed E-state index contributed by atoms with van der Waals surface area (Å²) in [5.41, 5.74) is 10.2. The number of rotatable bonds is 3. The van der Waals surface area contributed by atoms with Crippen molar-refractivity contribution < 1.29 is 5.11 Å². The van der Waals surface area contributed by atoms with E-state index in [4.69, 9.17) is 10.8 Å². The minimum absolute atomic E-state index is 0.230. The molecule has 1 aromatic carbocycles. The molecule has 0 aliphatic carbocycles. The van der Waals surface area contributed by atoms with E-state index in [9.17, 15) is 0 Å². The maximum absolute atomic E-state index is 8.83. The Hall–Kier alpha value is -1.48. The molecule has 0 atom stereocenters. The van der Waals surface area contributed by atoms with Gasteiger partial charge in [-0.05, 0) is 43.0 Å². The number of nitrogens with one attached hydrogen (secondary N) is 1. The standard InChI is InChI=1S/C12H16N2O/c1-8-10(13)4-5-11-12(8)9(7-14-11)3-2-6-15/h4-5,7,14-15H,2-3,6,13H2,1H3. The average Bonchev–Trinajstić information content (AvgIpc) is 2.64. The highest BCUT2D eigenvalue weighted by Gasteiger charge is 2.07. The number of anilines is 1. The number of fused-ring (bicyclic) bond motifs is 1. The fourth-order valence-electron chi connectivity index (χ4n) is 1.97. The summed E-state index contributed by atoms with van der Waals surface area (Å²) in [6.07, 6.45) is 3.69. The normalized spacial score (nSPS) is 11.1. The molecule has 0 unspecified atom stereocenters. The third kappa shape index (κ3) is 1.70. The van der Waals surface area contributed by atoms with Gasteiger partial charge in [0, 0.05) is 29.4 Å². The van der Waals surface area contributed by atoms with Gasteiger partial charge in [0.1, 0.15) is 0 Å². The molecule has 0 amide bonds. The lowest BCUT2D eigenvalue weighted by molar-refractivity contribution is 0.289. The topological polar surface area (TPSA) is 62.0 Å². The minimum atomic E-state index is 0.230. The molecule has 0 saturated carbocycles. The molecule has 4 N–H and O–H groups in total. The minimum Gasteiger partial charge on any atom is -0.398 e. The number of aliphatic hydroxyl groups excluding tert-OH is 1. The van der Waals surface area contributed by atoms with Crippen molar-refractivity contribution in [1.82, 2.24) is 4.98 Å². The first kappa shape index (κ1) is 10.1. The molecule has 15 heavy (non-hydrogen) atoms. The zero-order chi connectivity index (χ0) is 10.8. The number of hydrogen-bond acceptors (Lipinski definition) is 2. The zero-order valence-corrected chi connectivity index (χ0v) is 8.88. The average molecular weight is 204 g/mol. The summed E-state index contributed by atoms with van der Waals surface area (Å²) in [6, 6.07) is 3.92. The number of H-pyrrole nitrogens is 1. The lowest BCUT2D eigenvalue weighted by Crippen LogP contribution is -1.92. The van der Waals surface area contributed by atoms with Gasteiger partial charge in [0.2, 0.25) is 0 Å². The van der Waals surface area contributed by atoms with Crippen LogP contribution in [-0.2, 0) is 6.42 Å². The summed E-state index contributed by atoms with van der Waals surface area (Å²) in [5.74, 6) is 0. The highest BCUT2D eigenvalue weighted by Crippen LogP contribution is 2.27. The Bertz CT molecular complexity index is 474. The molecule has 0 aliphatic heterocycles. The zero-order valence-electron chi connectivity index (χ0n) is 8.88. The maximum atomic E-state index is 8.83. The van der Waals surface area contributed by atoms with Crippen molar-refractivity contribution in [2.24, 2.45) is 0 Å². The third-order valence-corrected chi connectivity index (χ3v) is 2.83. The van der Waals surface area contributed by atoms with E-state index in [0.717, 1.165) is 29.6 Å². The van der Waals surface area contributed by atoms with Crippen LogP contribution in [0.25, 0.3) is 10.9 Å². The van der Waals surface area contributed by atoms with Crippen LogP contribution in [-0.4, -0.2) is 16.7 Å². The summed E-state index contributed by atoms with van der Waals surface area (Å²) in [4.78, 5) is 3.23. The van der Waals surface area contributed by atoms with Crippen molar-refractivity contribution in [2.45, 2.75) is 19.8 Å². The molecule has 1 heterocycles.